The minimum absolute atomic E-state index is 0.0240. The highest BCUT2D eigenvalue weighted by Crippen LogP contribution is 2.36. The maximum Gasteiger partial charge on any atom is 0.304 e. The monoisotopic (exact) mass is 483 g/mol. The molecule has 3 aromatic rings. The molecule has 1 saturated heterocycles. The van der Waals surface area contributed by atoms with Crippen LogP contribution in [-0.2, 0) is 14.3 Å². The lowest BCUT2D eigenvalue weighted by molar-refractivity contribution is -0.137. The number of carbonyl (C=O) groups is 1. The average molecular weight is 484 g/mol. The maximum absolute atomic E-state index is 11.5. The van der Waals surface area contributed by atoms with Gasteiger partial charge in [-0.2, -0.15) is 0 Å². The van der Waals surface area contributed by atoms with Gasteiger partial charge in [0.05, 0.1) is 39.6 Å². The van der Waals surface area contributed by atoms with Crippen LogP contribution in [0.4, 0.5) is 17.1 Å². The third-order valence-electron chi connectivity index (χ3n) is 6.34. The van der Waals surface area contributed by atoms with Crippen molar-refractivity contribution in [2.24, 2.45) is 0 Å². The van der Waals surface area contributed by atoms with E-state index in [2.05, 4.69) is 40.3 Å². The van der Waals surface area contributed by atoms with Crippen molar-refractivity contribution in [2.45, 2.75) is 45.1 Å². The van der Waals surface area contributed by atoms with Crippen LogP contribution in [0.25, 0.3) is 10.2 Å². The van der Waals surface area contributed by atoms with Crippen LogP contribution in [0.1, 0.15) is 42.7 Å². The summed E-state index contributed by atoms with van der Waals surface area (Å²) in [4.78, 5) is 18.5. The van der Waals surface area contributed by atoms with Gasteiger partial charge in [-0.05, 0) is 62.6 Å². The van der Waals surface area contributed by atoms with Gasteiger partial charge < -0.3 is 24.8 Å². The summed E-state index contributed by atoms with van der Waals surface area (Å²) in [6.45, 7) is 6.98. The minimum atomic E-state index is -0.830. The number of aliphatic carboxylic acids is 1. The van der Waals surface area contributed by atoms with E-state index in [1.54, 1.807) is 18.4 Å². The zero-order valence-electron chi connectivity index (χ0n) is 20.0. The van der Waals surface area contributed by atoms with E-state index in [4.69, 9.17) is 9.47 Å². The van der Waals surface area contributed by atoms with E-state index in [1.807, 2.05) is 25.1 Å². The van der Waals surface area contributed by atoms with Crippen molar-refractivity contribution in [3.63, 3.8) is 0 Å². The number of ether oxygens (including phenoxy) is 2. The van der Waals surface area contributed by atoms with Crippen LogP contribution in [0.2, 0.25) is 0 Å². The summed E-state index contributed by atoms with van der Waals surface area (Å²) in [5.41, 5.74) is 5.02. The third kappa shape index (κ3) is 5.68. The third-order valence-corrected chi connectivity index (χ3v) is 7.27. The number of hydrogen-bond donors (Lipinski definition) is 2. The molecule has 1 fully saturated rings. The number of hydrogen-bond acceptors (Lipinski definition) is 7. The van der Waals surface area contributed by atoms with Crippen LogP contribution >= 0.6 is 11.3 Å². The molecular weight excluding hydrogens is 450 g/mol. The lowest BCUT2D eigenvalue weighted by Crippen LogP contribution is -2.39. The predicted octanol–water partition coefficient (Wildman–Crippen LogP) is 5.56. The van der Waals surface area contributed by atoms with Gasteiger partial charge in [0.15, 0.2) is 0 Å². The Hall–Kier alpha value is -2.68. The molecule has 8 heteroatoms. The molecule has 2 aromatic carbocycles. The SMILES string of the molecule is CCN(c1ccc([C@H](COC)CC(=O)O)cc1Nc1ccc2nc(C)sc2c1)C1CCOCC1. The maximum atomic E-state index is 11.5. The number of methoxy groups -OCH3 is 1. The molecule has 1 aliphatic rings. The summed E-state index contributed by atoms with van der Waals surface area (Å²) >= 11 is 1.68. The van der Waals surface area contributed by atoms with E-state index in [1.165, 1.54) is 0 Å². The molecule has 1 atom stereocenters. The van der Waals surface area contributed by atoms with Crippen molar-refractivity contribution >= 4 is 44.6 Å². The second kappa shape index (κ2) is 11.2. The van der Waals surface area contributed by atoms with E-state index < -0.39 is 5.97 Å². The molecule has 0 aliphatic carbocycles. The average Bonchev–Trinajstić information content (AvgIpc) is 3.20. The molecule has 0 saturated carbocycles. The Balaban J connectivity index is 1.73. The van der Waals surface area contributed by atoms with Gasteiger partial charge in [0.2, 0.25) is 0 Å². The molecule has 0 radical (unpaired) electrons. The summed E-state index contributed by atoms with van der Waals surface area (Å²) in [6, 6.07) is 12.9. The quantitative estimate of drug-likeness (QED) is 0.391. The van der Waals surface area contributed by atoms with Gasteiger partial charge in [-0.25, -0.2) is 4.98 Å². The molecule has 2 heterocycles. The Bertz CT molecular complexity index is 1130. The first-order valence-corrected chi connectivity index (χ1v) is 12.6. The molecule has 1 aliphatic heterocycles. The lowest BCUT2D eigenvalue weighted by atomic mass is 9.95. The van der Waals surface area contributed by atoms with E-state index in [0.29, 0.717) is 12.6 Å². The minimum Gasteiger partial charge on any atom is -0.481 e. The molecule has 34 heavy (non-hydrogen) atoms. The molecule has 7 nitrogen and oxygen atoms in total. The number of anilines is 3. The molecule has 2 N–H and O–H groups in total. The van der Waals surface area contributed by atoms with Gasteiger partial charge in [0.25, 0.3) is 0 Å². The van der Waals surface area contributed by atoms with Gasteiger partial charge in [0, 0.05) is 44.5 Å². The highest BCUT2D eigenvalue weighted by Gasteiger charge is 2.24. The van der Waals surface area contributed by atoms with E-state index in [9.17, 15) is 9.90 Å². The molecular formula is C26H33N3O4S. The number of aryl methyl sites for hydroxylation is 1. The topological polar surface area (TPSA) is 83.9 Å². The summed E-state index contributed by atoms with van der Waals surface area (Å²) in [5.74, 6) is -1.05. The van der Waals surface area contributed by atoms with Gasteiger partial charge in [-0.1, -0.05) is 6.07 Å². The first-order valence-electron chi connectivity index (χ1n) is 11.8. The van der Waals surface area contributed by atoms with Crippen LogP contribution in [0, 0.1) is 6.92 Å². The standard InChI is InChI=1S/C26H33N3O4S/c1-4-29(21-9-11-33-12-10-21)24-8-5-18(19(16-32-3)14-26(30)31)13-23(24)28-20-6-7-22-25(15-20)34-17(2)27-22/h5-8,13,15,19,21,28H,4,9-12,14,16H2,1-3H3,(H,30,31)/t19-/m0/s1. The number of fused-ring (bicyclic) bond motifs is 1. The number of nitrogens with zero attached hydrogens (tertiary/aromatic N) is 2. The second-order valence-corrected chi connectivity index (χ2v) is 9.93. The van der Waals surface area contributed by atoms with Crippen molar-refractivity contribution < 1.29 is 19.4 Å². The fraction of sp³-hybridized carbons (Fsp3) is 0.462. The Morgan fingerprint density at radius 3 is 2.79 bits per heavy atom. The first kappa shape index (κ1) is 24.4. The van der Waals surface area contributed by atoms with Gasteiger partial charge >= 0.3 is 5.97 Å². The molecule has 1 aromatic heterocycles. The zero-order chi connectivity index (χ0) is 24.1. The number of nitrogens with one attached hydrogen (secondary N) is 1. The fourth-order valence-corrected chi connectivity index (χ4v) is 5.60. The number of carboxylic acids is 1. The molecule has 0 spiro atoms. The van der Waals surface area contributed by atoms with Gasteiger partial charge in [-0.15, -0.1) is 11.3 Å². The van der Waals surface area contributed by atoms with Crippen LogP contribution in [0.15, 0.2) is 36.4 Å². The number of rotatable bonds is 10. The van der Waals surface area contributed by atoms with E-state index >= 15 is 0 Å². The highest BCUT2D eigenvalue weighted by molar-refractivity contribution is 7.18. The number of thiazole rings is 1. The summed E-state index contributed by atoms with van der Waals surface area (Å²) in [6.07, 6.45) is 2.01. The number of benzene rings is 2. The second-order valence-electron chi connectivity index (χ2n) is 8.70. The van der Waals surface area contributed by atoms with E-state index in [-0.39, 0.29) is 12.3 Å². The molecule has 182 valence electrons. The van der Waals surface area contributed by atoms with E-state index in [0.717, 1.165) is 70.5 Å². The molecule has 0 bridgehead atoms. The lowest BCUT2D eigenvalue weighted by Gasteiger charge is -2.37. The van der Waals surface area contributed by atoms with Gasteiger partial charge in [0.1, 0.15) is 0 Å². The van der Waals surface area contributed by atoms with Crippen LogP contribution in [0.5, 0.6) is 0 Å². The van der Waals surface area contributed by atoms with Crippen LogP contribution < -0.4 is 10.2 Å². The summed E-state index contributed by atoms with van der Waals surface area (Å²) in [7, 11) is 1.61. The van der Waals surface area contributed by atoms with Gasteiger partial charge in [-0.3, -0.25) is 4.79 Å². The van der Waals surface area contributed by atoms with Crippen molar-refractivity contribution in [1.29, 1.82) is 0 Å². The molecule has 0 unspecified atom stereocenters. The highest BCUT2D eigenvalue weighted by atomic mass is 32.1. The zero-order valence-corrected chi connectivity index (χ0v) is 20.9. The summed E-state index contributed by atoms with van der Waals surface area (Å²) in [5, 5.41) is 14.1. The number of carboxylic acid groups (broad SMARTS) is 1. The Morgan fingerprint density at radius 2 is 2.09 bits per heavy atom. The van der Waals surface area contributed by atoms with Crippen molar-refractivity contribution in [3.05, 3.63) is 47.0 Å². The Labute approximate surface area is 204 Å². The van der Waals surface area contributed by atoms with Crippen molar-refractivity contribution in [2.75, 3.05) is 43.7 Å². The van der Waals surface area contributed by atoms with Crippen LogP contribution in [-0.4, -0.2) is 55.6 Å². The summed E-state index contributed by atoms with van der Waals surface area (Å²) < 4.78 is 12.1. The molecule has 0 amide bonds. The smallest absolute Gasteiger partial charge is 0.304 e. The fourth-order valence-electron chi connectivity index (χ4n) is 4.74. The van der Waals surface area contributed by atoms with Crippen LogP contribution in [0.3, 0.4) is 0 Å². The largest absolute Gasteiger partial charge is 0.481 e. The van der Waals surface area contributed by atoms with Crippen molar-refractivity contribution in [1.82, 2.24) is 4.98 Å². The Morgan fingerprint density at radius 1 is 1.29 bits per heavy atom. The first-order chi connectivity index (χ1) is 16.5. The number of aromatic nitrogens is 1. The van der Waals surface area contributed by atoms with Crippen molar-refractivity contribution in [3.8, 4) is 0 Å². The predicted molar refractivity (Wildman–Crippen MR) is 138 cm³/mol. The Kier molecular flexibility index (Phi) is 8.03. The molecule has 4 rings (SSSR count). The normalized spacial score (nSPS) is 15.4.